The minimum atomic E-state index is 0.257. The van der Waals surface area contributed by atoms with Gasteiger partial charge in [0.15, 0.2) is 6.79 Å². The second-order valence-corrected chi connectivity index (χ2v) is 5.94. The molecule has 0 heterocycles. The maximum Gasteiger partial charge on any atom is 0.189 e. The summed E-state index contributed by atoms with van der Waals surface area (Å²) in [4.78, 5) is 0. The Bertz CT molecular complexity index is 1020. The summed E-state index contributed by atoms with van der Waals surface area (Å²) >= 11 is 0. The lowest BCUT2D eigenvalue weighted by atomic mass is 9.93. The Balaban J connectivity index is 1.98. The topological polar surface area (TPSA) is 18.5 Å². The number of hydrogen-bond acceptors (Lipinski definition) is 2. The first-order chi connectivity index (χ1) is 12.4. The molecular weight excluding hydrogens is 308 g/mol. The summed E-state index contributed by atoms with van der Waals surface area (Å²) < 4.78 is 11.4. The molecule has 0 spiro atoms. The average molecular weight is 328 g/mol. The Morgan fingerprint density at radius 2 is 1.36 bits per heavy atom. The van der Waals surface area contributed by atoms with E-state index in [1.165, 1.54) is 27.1 Å². The predicted molar refractivity (Wildman–Crippen MR) is 104 cm³/mol. The molecule has 0 aliphatic carbocycles. The highest BCUT2D eigenvalue weighted by Gasteiger charge is 2.13. The minimum Gasteiger partial charge on any atom is -0.467 e. The smallest absolute Gasteiger partial charge is 0.189 e. The van der Waals surface area contributed by atoms with Crippen LogP contribution in [-0.4, -0.2) is 13.4 Å². The summed E-state index contributed by atoms with van der Waals surface area (Å²) in [6.07, 6.45) is 0. The van der Waals surface area contributed by atoms with E-state index in [9.17, 15) is 0 Å². The van der Waals surface area contributed by atoms with Crippen molar-refractivity contribution in [3.8, 4) is 16.9 Å². The molecule has 25 heavy (non-hydrogen) atoms. The highest BCUT2D eigenvalue weighted by atomic mass is 16.7. The molecule has 0 saturated carbocycles. The fraction of sp³-hybridized carbons (Fsp3) is 0.130. The van der Waals surface area contributed by atoms with E-state index < -0.39 is 0 Å². The van der Waals surface area contributed by atoms with Crippen molar-refractivity contribution in [2.45, 2.75) is 6.92 Å². The Morgan fingerprint density at radius 3 is 2.16 bits per heavy atom. The van der Waals surface area contributed by atoms with Crippen molar-refractivity contribution in [3.63, 3.8) is 0 Å². The Kier molecular flexibility index (Phi) is 4.36. The van der Waals surface area contributed by atoms with Gasteiger partial charge in [-0.1, -0.05) is 72.8 Å². The molecule has 0 fully saturated rings. The third-order valence-electron chi connectivity index (χ3n) is 4.45. The van der Waals surface area contributed by atoms with Crippen LogP contribution in [0.3, 0.4) is 0 Å². The van der Waals surface area contributed by atoms with Crippen molar-refractivity contribution in [3.05, 3.63) is 78.9 Å². The van der Waals surface area contributed by atoms with Crippen molar-refractivity contribution < 1.29 is 9.47 Å². The van der Waals surface area contributed by atoms with E-state index in [1.54, 1.807) is 0 Å². The van der Waals surface area contributed by atoms with E-state index in [4.69, 9.17) is 9.47 Å². The molecule has 4 aromatic carbocycles. The molecule has 0 aliphatic rings. The monoisotopic (exact) mass is 328 g/mol. The standard InChI is InChI=1S/C23H20O2/c1-2-24-16-25-22-15-14-18-9-4-6-12-20(18)23(22)21-13-7-10-17-8-3-5-11-19(17)21/h3-15H,2,16H2,1H3. The fourth-order valence-corrected chi connectivity index (χ4v) is 3.28. The lowest BCUT2D eigenvalue weighted by Crippen LogP contribution is -2.03. The van der Waals surface area contributed by atoms with Crippen LogP contribution in [0.5, 0.6) is 5.75 Å². The van der Waals surface area contributed by atoms with E-state index in [1.807, 2.05) is 13.0 Å². The summed E-state index contributed by atoms with van der Waals surface area (Å²) in [5.41, 5.74) is 2.30. The Labute approximate surface area is 147 Å². The van der Waals surface area contributed by atoms with Gasteiger partial charge in [0.1, 0.15) is 5.75 Å². The molecule has 0 atom stereocenters. The molecular formula is C23H20O2. The minimum absolute atomic E-state index is 0.257. The van der Waals surface area contributed by atoms with E-state index >= 15 is 0 Å². The van der Waals surface area contributed by atoms with Crippen LogP contribution in [0.15, 0.2) is 78.9 Å². The molecule has 4 aromatic rings. The van der Waals surface area contributed by atoms with Crippen molar-refractivity contribution in [2.24, 2.45) is 0 Å². The molecule has 0 aromatic heterocycles. The van der Waals surface area contributed by atoms with Crippen LogP contribution in [0, 0.1) is 0 Å². The van der Waals surface area contributed by atoms with Gasteiger partial charge in [0.2, 0.25) is 0 Å². The van der Waals surface area contributed by atoms with Gasteiger partial charge < -0.3 is 9.47 Å². The molecule has 2 heteroatoms. The summed E-state index contributed by atoms with van der Waals surface area (Å²) in [5, 5.41) is 4.84. The van der Waals surface area contributed by atoms with Gasteiger partial charge in [-0.05, 0) is 40.1 Å². The molecule has 4 rings (SSSR count). The summed E-state index contributed by atoms with van der Waals surface area (Å²) in [6.45, 7) is 2.86. The van der Waals surface area contributed by atoms with Gasteiger partial charge in [0.05, 0.1) is 0 Å². The molecule has 2 nitrogen and oxygen atoms in total. The average Bonchev–Trinajstić information content (AvgIpc) is 2.67. The van der Waals surface area contributed by atoms with E-state index in [0.717, 1.165) is 11.3 Å². The molecule has 0 N–H and O–H groups in total. The maximum atomic E-state index is 5.97. The zero-order valence-electron chi connectivity index (χ0n) is 14.2. The lowest BCUT2D eigenvalue weighted by molar-refractivity contribution is 0.0228. The normalized spacial score (nSPS) is 11.1. The number of ether oxygens (including phenoxy) is 2. The lowest BCUT2D eigenvalue weighted by Gasteiger charge is -2.16. The Hall–Kier alpha value is -2.84. The fourth-order valence-electron chi connectivity index (χ4n) is 3.28. The number of hydrogen-bond donors (Lipinski definition) is 0. The Morgan fingerprint density at radius 1 is 0.680 bits per heavy atom. The van der Waals surface area contributed by atoms with Crippen LogP contribution in [-0.2, 0) is 4.74 Å². The van der Waals surface area contributed by atoms with Gasteiger partial charge in [-0.15, -0.1) is 0 Å². The third-order valence-corrected chi connectivity index (χ3v) is 4.45. The molecule has 0 unspecified atom stereocenters. The third kappa shape index (κ3) is 2.97. The summed E-state index contributed by atoms with van der Waals surface area (Å²) in [5.74, 6) is 0.850. The summed E-state index contributed by atoms with van der Waals surface area (Å²) in [6, 6.07) is 27.4. The first kappa shape index (κ1) is 15.7. The van der Waals surface area contributed by atoms with Crippen LogP contribution in [0.4, 0.5) is 0 Å². The highest BCUT2D eigenvalue weighted by molar-refractivity contribution is 6.07. The van der Waals surface area contributed by atoms with Crippen LogP contribution in [0.1, 0.15) is 6.92 Å². The van der Waals surface area contributed by atoms with Crippen LogP contribution in [0.25, 0.3) is 32.7 Å². The van der Waals surface area contributed by atoms with Gasteiger partial charge in [-0.2, -0.15) is 0 Å². The number of fused-ring (bicyclic) bond motifs is 2. The number of benzene rings is 4. The van der Waals surface area contributed by atoms with Gasteiger partial charge in [0.25, 0.3) is 0 Å². The molecule has 0 saturated heterocycles. The molecule has 0 radical (unpaired) electrons. The summed E-state index contributed by atoms with van der Waals surface area (Å²) in [7, 11) is 0. The van der Waals surface area contributed by atoms with Crippen molar-refractivity contribution in [1.29, 1.82) is 0 Å². The second kappa shape index (κ2) is 6.96. The van der Waals surface area contributed by atoms with Crippen molar-refractivity contribution in [2.75, 3.05) is 13.4 Å². The first-order valence-corrected chi connectivity index (χ1v) is 8.59. The van der Waals surface area contributed by atoms with Gasteiger partial charge in [-0.25, -0.2) is 0 Å². The molecule has 0 amide bonds. The van der Waals surface area contributed by atoms with Gasteiger partial charge in [0, 0.05) is 12.2 Å². The van der Waals surface area contributed by atoms with Crippen LogP contribution in [0.2, 0.25) is 0 Å². The highest BCUT2D eigenvalue weighted by Crippen LogP contribution is 2.40. The van der Waals surface area contributed by atoms with Gasteiger partial charge >= 0.3 is 0 Å². The molecule has 124 valence electrons. The van der Waals surface area contributed by atoms with E-state index in [0.29, 0.717) is 6.61 Å². The molecule has 0 aliphatic heterocycles. The largest absolute Gasteiger partial charge is 0.467 e. The number of rotatable bonds is 5. The quantitative estimate of drug-likeness (QED) is 0.329. The molecule has 0 bridgehead atoms. The van der Waals surface area contributed by atoms with Crippen molar-refractivity contribution in [1.82, 2.24) is 0 Å². The maximum absolute atomic E-state index is 5.97. The predicted octanol–water partition coefficient (Wildman–Crippen LogP) is 6.03. The van der Waals surface area contributed by atoms with E-state index in [-0.39, 0.29) is 6.79 Å². The van der Waals surface area contributed by atoms with Crippen molar-refractivity contribution >= 4 is 21.5 Å². The van der Waals surface area contributed by atoms with Crippen LogP contribution < -0.4 is 4.74 Å². The first-order valence-electron chi connectivity index (χ1n) is 8.59. The second-order valence-electron chi connectivity index (χ2n) is 5.94. The zero-order valence-corrected chi connectivity index (χ0v) is 14.2. The zero-order chi connectivity index (χ0) is 17.1. The van der Waals surface area contributed by atoms with Gasteiger partial charge in [-0.3, -0.25) is 0 Å². The van der Waals surface area contributed by atoms with E-state index in [2.05, 4.69) is 72.8 Å². The SMILES string of the molecule is CCOCOc1ccc2ccccc2c1-c1cccc2ccccc12. The van der Waals surface area contributed by atoms with Crippen LogP contribution >= 0.6 is 0 Å².